The van der Waals surface area contributed by atoms with Crippen molar-refractivity contribution in [2.75, 3.05) is 4.72 Å². The van der Waals surface area contributed by atoms with Crippen molar-refractivity contribution in [2.45, 2.75) is 25.2 Å². The molecule has 0 aliphatic carbocycles. The lowest BCUT2D eigenvalue weighted by Gasteiger charge is -2.08. The van der Waals surface area contributed by atoms with Gasteiger partial charge in [-0.1, -0.05) is 19.1 Å². The van der Waals surface area contributed by atoms with Gasteiger partial charge in [0.05, 0.1) is 11.9 Å². The molecule has 0 saturated heterocycles. The van der Waals surface area contributed by atoms with Crippen LogP contribution in [-0.2, 0) is 23.5 Å². The molecule has 19 heavy (non-hydrogen) atoms. The third-order valence-electron chi connectivity index (χ3n) is 3.07. The quantitative estimate of drug-likeness (QED) is 0.932. The molecule has 0 radical (unpaired) electrons. The number of hydrogen-bond donors (Lipinski definition) is 1. The Morgan fingerprint density at radius 2 is 2.11 bits per heavy atom. The van der Waals surface area contributed by atoms with Crippen LogP contribution in [0, 0.1) is 6.92 Å². The number of hydrogen-bond acceptors (Lipinski definition) is 3. The third kappa shape index (κ3) is 2.78. The molecule has 0 atom stereocenters. The first-order chi connectivity index (χ1) is 8.94. The van der Waals surface area contributed by atoms with E-state index in [-0.39, 0.29) is 4.90 Å². The van der Waals surface area contributed by atoms with E-state index in [0.717, 1.165) is 12.0 Å². The van der Waals surface area contributed by atoms with E-state index in [1.807, 2.05) is 25.1 Å². The van der Waals surface area contributed by atoms with Crippen molar-refractivity contribution in [2.24, 2.45) is 7.05 Å². The van der Waals surface area contributed by atoms with E-state index < -0.39 is 10.0 Å². The molecule has 0 aliphatic heterocycles. The number of rotatable bonds is 4. The summed E-state index contributed by atoms with van der Waals surface area (Å²) in [4.78, 5) is 0.205. The molecule has 0 unspecified atom stereocenters. The first-order valence-electron chi connectivity index (χ1n) is 6.04. The second-order valence-electron chi connectivity index (χ2n) is 4.38. The molecule has 5 nitrogen and oxygen atoms in total. The Labute approximate surface area is 113 Å². The first kappa shape index (κ1) is 13.6. The summed E-state index contributed by atoms with van der Waals surface area (Å²) < 4.78 is 28.7. The van der Waals surface area contributed by atoms with E-state index >= 15 is 0 Å². The van der Waals surface area contributed by atoms with Crippen LogP contribution in [0.25, 0.3) is 0 Å². The summed E-state index contributed by atoms with van der Waals surface area (Å²) in [6.45, 7) is 3.75. The molecule has 1 heterocycles. The molecule has 6 heteroatoms. The lowest BCUT2D eigenvalue weighted by molar-refractivity contribution is 0.600. The molecule has 1 N–H and O–H groups in total. The van der Waals surface area contributed by atoms with Crippen LogP contribution in [0.2, 0.25) is 0 Å². The van der Waals surface area contributed by atoms with Gasteiger partial charge in [-0.15, -0.1) is 0 Å². The van der Waals surface area contributed by atoms with E-state index in [1.54, 1.807) is 20.0 Å². The van der Waals surface area contributed by atoms with Gasteiger partial charge >= 0.3 is 0 Å². The average molecular weight is 279 g/mol. The van der Waals surface area contributed by atoms with Crippen LogP contribution in [0.1, 0.15) is 18.2 Å². The number of nitrogens with one attached hydrogen (secondary N) is 1. The SMILES string of the molecule is CCc1cccc(NS(=O)(=O)c2cnn(C)c2C)c1. The van der Waals surface area contributed by atoms with Crippen LogP contribution < -0.4 is 4.72 Å². The van der Waals surface area contributed by atoms with Crippen molar-refractivity contribution in [1.82, 2.24) is 9.78 Å². The second kappa shape index (κ2) is 5.05. The summed E-state index contributed by atoms with van der Waals surface area (Å²) in [5.74, 6) is 0. The Morgan fingerprint density at radius 3 is 2.68 bits per heavy atom. The highest BCUT2D eigenvalue weighted by molar-refractivity contribution is 7.92. The van der Waals surface area contributed by atoms with Gasteiger partial charge in [-0.25, -0.2) is 8.42 Å². The molecule has 1 aromatic carbocycles. The predicted molar refractivity (Wildman–Crippen MR) is 74.6 cm³/mol. The third-order valence-corrected chi connectivity index (χ3v) is 4.55. The molecule has 0 bridgehead atoms. The summed E-state index contributed by atoms with van der Waals surface area (Å²) in [6, 6.07) is 7.38. The highest BCUT2D eigenvalue weighted by Gasteiger charge is 2.19. The van der Waals surface area contributed by atoms with Gasteiger partial charge in [-0.2, -0.15) is 5.10 Å². The minimum absolute atomic E-state index is 0.205. The Hall–Kier alpha value is -1.82. The van der Waals surface area contributed by atoms with Gasteiger partial charge < -0.3 is 0 Å². The maximum absolute atomic E-state index is 12.3. The lowest BCUT2D eigenvalue weighted by Crippen LogP contribution is -2.14. The summed E-state index contributed by atoms with van der Waals surface area (Å²) in [7, 11) is -1.87. The summed E-state index contributed by atoms with van der Waals surface area (Å²) in [6.07, 6.45) is 2.23. The maximum Gasteiger partial charge on any atom is 0.265 e. The number of aromatic nitrogens is 2. The summed E-state index contributed by atoms with van der Waals surface area (Å²) >= 11 is 0. The Balaban J connectivity index is 2.33. The van der Waals surface area contributed by atoms with Gasteiger partial charge in [0, 0.05) is 12.7 Å². The van der Waals surface area contributed by atoms with Crippen molar-refractivity contribution in [1.29, 1.82) is 0 Å². The smallest absolute Gasteiger partial charge is 0.265 e. The van der Waals surface area contributed by atoms with Crippen molar-refractivity contribution in [3.05, 3.63) is 41.7 Å². The highest BCUT2D eigenvalue weighted by Crippen LogP contribution is 2.19. The van der Waals surface area contributed by atoms with Gasteiger partial charge in [0.2, 0.25) is 0 Å². The Bertz CT molecular complexity index is 690. The van der Waals surface area contributed by atoms with E-state index in [2.05, 4.69) is 9.82 Å². The predicted octanol–water partition coefficient (Wildman–Crippen LogP) is 2.09. The largest absolute Gasteiger partial charge is 0.280 e. The fraction of sp³-hybridized carbons (Fsp3) is 0.308. The summed E-state index contributed by atoms with van der Waals surface area (Å²) in [5, 5.41) is 3.96. The van der Waals surface area contributed by atoms with E-state index in [9.17, 15) is 8.42 Å². The number of benzene rings is 1. The number of aryl methyl sites for hydroxylation is 2. The molecule has 0 spiro atoms. The maximum atomic E-state index is 12.3. The summed E-state index contributed by atoms with van der Waals surface area (Å²) in [5.41, 5.74) is 2.27. The van der Waals surface area contributed by atoms with Crippen molar-refractivity contribution in [3.8, 4) is 0 Å². The zero-order valence-electron chi connectivity index (χ0n) is 11.2. The first-order valence-corrected chi connectivity index (χ1v) is 7.52. The highest BCUT2D eigenvalue weighted by atomic mass is 32.2. The Morgan fingerprint density at radius 1 is 1.37 bits per heavy atom. The van der Waals surface area contributed by atoms with Gasteiger partial charge in [0.25, 0.3) is 10.0 Å². The molecule has 0 aliphatic rings. The molecule has 0 saturated carbocycles. The zero-order valence-corrected chi connectivity index (χ0v) is 12.0. The topological polar surface area (TPSA) is 64.0 Å². The number of nitrogens with zero attached hydrogens (tertiary/aromatic N) is 2. The van der Waals surface area contributed by atoms with Gasteiger partial charge in [0.15, 0.2) is 0 Å². The average Bonchev–Trinajstić information content (AvgIpc) is 2.70. The lowest BCUT2D eigenvalue weighted by atomic mass is 10.1. The number of anilines is 1. The minimum Gasteiger partial charge on any atom is -0.280 e. The molecule has 0 amide bonds. The van der Waals surface area contributed by atoms with Crippen LogP contribution in [0.15, 0.2) is 35.4 Å². The van der Waals surface area contributed by atoms with Crippen molar-refractivity contribution >= 4 is 15.7 Å². The van der Waals surface area contributed by atoms with Crippen LogP contribution >= 0.6 is 0 Å². The van der Waals surface area contributed by atoms with Crippen molar-refractivity contribution < 1.29 is 8.42 Å². The molecule has 2 aromatic rings. The standard InChI is InChI=1S/C13H17N3O2S/c1-4-11-6-5-7-12(8-11)15-19(17,18)13-9-14-16(3)10(13)2/h5-9,15H,4H2,1-3H3. The fourth-order valence-electron chi connectivity index (χ4n) is 1.81. The van der Waals surface area contributed by atoms with Crippen molar-refractivity contribution in [3.63, 3.8) is 0 Å². The fourth-order valence-corrected chi connectivity index (χ4v) is 3.06. The molecule has 0 fully saturated rings. The molecule has 1 aromatic heterocycles. The second-order valence-corrected chi connectivity index (χ2v) is 6.03. The molecular weight excluding hydrogens is 262 g/mol. The minimum atomic E-state index is -3.58. The Kier molecular flexibility index (Phi) is 3.61. The molecule has 2 rings (SSSR count). The van der Waals surface area contributed by atoms with E-state index in [1.165, 1.54) is 10.9 Å². The van der Waals surface area contributed by atoms with Crippen LogP contribution in [0.3, 0.4) is 0 Å². The number of sulfonamides is 1. The van der Waals surface area contributed by atoms with Crippen LogP contribution in [0.5, 0.6) is 0 Å². The van der Waals surface area contributed by atoms with Gasteiger partial charge in [-0.3, -0.25) is 9.40 Å². The zero-order chi connectivity index (χ0) is 14.0. The van der Waals surface area contributed by atoms with Crippen LogP contribution in [0.4, 0.5) is 5.69 Å². The van der Waals surface area contributed by atoms with Crippen LogP contribution in [-0.4, -0.2) is 18.2 Å². The van der Waals surface area contributed by atoms with E-state index in [0.29, 0.717) is 11.4 Å². The van der Waals surface area contributed by atoms with Gasteiger partial charge in [-0.05, 0) is 31.0 Å². The van der Waals surface area contributed by atoms with E-state index in [4.69, 9.17) is 0 Å². The van der Waals surface area contributed by atoms with Gasteiger partial charge in [0.1, 0.15) is 4.90 Å². The monoisotopic (exact) mass is 279 g/mol. The normalized spacial score (nSPS) is 11.5. The molecule has 102 valence electrons. The molecular formula is C13H17N3O2S.